The van der Waals surface area contributed by atoms with Crippen LogP contribution in [-0.2, 0) is 4.79 Å². The number of carboxylic acids is 1. The molecule has 3 rings (SSSR count). The number of likely N-dealkylation sites (tertiary alicyclic amines) is 1. The van der Waals surface area contributed by atoms with Crippen molar-refractivity contribution in [2.75, 3.05) is 13.1 Å². The lowest BCUT2D eigenvalue weighted by Crippen LogP contribution is -2.49. The Hall–Kier alpha value is -1.26. The Kier molecular flexibility index (Phi) is 3.84. The number of rotatable bonds is 3. The van der Waals surface area contributed by atoms with Crippen LogP contribution in [0.3, 0.4) is 0 Å². The summed E-state index contributed by atoms with van der Waals surface area (Å²) in [5, 5.41) is 12.5. The van der Waals surface area contributed by atoms with Gasteiger partial charge in [0.15, 0.2) is 0 Å². The van der Waals surface area contributed by atoms with Crippen molar-refractivity contribution in [1.29, 1.82) is 0 Å². The molecule has 0 aromatic heterocycles. The van der Waals surface area contributed by atoms with Gasteiger partial charge in [-0.25, -0.2) is 9.59 Å². The maximum absolute atomic E-state index is 12.4. The van der Waals surface area contributed by atoms with Gasteiger partial charge in [0.25, 0.3) is 0 Å². The molecule has 3 aliphatic rings. The molecule has 5 heteroatoms. The summed E-state index contributed by atoms with van der Waals surface area (Å²) >= 11 is 0. The molecule has 2 aliphatic carbocycles. The normalized spacial score (nSPS) is 34.0. The molecule has 0 aromatic carbocycles. The zero-order chi connectivity index (χ0) is 15.0. The molecule has 3 fully saturated rings. The third-order valence-corrected chi connectivity index (χ3v) is 5.88. The summed E-state index contributed by atoms with van der Waals surface area (Å²) in [5.74, 6) is -0.291. The number of carbonyl (C=O) groups excluding carboxylic acids is 1. The van der Waals surface area contributed by atoms with E-state index in [0.29, 0.717) is 19.0 Å². The molecule has 2 amide bonds. The van der Waals surface area contributed by atoms with Gasteiger partial charge in [-0.3, -0.25) is 0 Å². The van der Waals surface area contributed by atoms with Gasteiger partial charge in [0, 0.05) is 13.1 Å². The van der Waals surface area contributed by atoms with E-state index in [0.717, 1.165) is 32.1 Å². The first kappa shape index (κ1) is 14.7. The summed E-state index contributed by atoms with van der Waals surface area (Å²) in [6, 6.07) is -0.793. The minimum atomic E-state index is -0.841. The molecule has 118 valence electrons. The predicted molar refractivity (Wildman–Crippen MR) is 78.9 cm³/mol. The standard InChI is InChI=1S/C16H26N2O3/c1-16(7-2-3-8-16)10-17-15(21)18-9-11-5-4-6-12(11)13(18)14(19)20/h11-13H,2-10H2,1H3,(H,17,21)(H,19,20). The molecule has 0 radical (unpaired) electrons. The third-order valence-electron chi connectivity index (χ3n) is 5.88. The van der Waals surface area contributed by atoms with E-state index in [2.05, 4.69) is 12.2 Å². The molecule has 0 spiro atoms. The summed E-state index contributed by atoms with van der Waals surface area (Å²) in [7, 11) is 0. The molecule has 5 nitrogen and oxygen atoms in total. The maximum Gasteiger partial charge on any atom is 0.326 e. The van der Waals surface area contributed by atoms with E-state index < -0.39 is 12.0 Å². The second-order valence-corrected chi connectivity index (χ2v) is 7.47. The lowest BCUT2D eigenvalue weighted by molar-refractivity contribution is -0.142. The number of carbonyl (C=O) groups is 2. The van der Waals surface area contributed by atoms with Crippen molar-refractivity contribution in [2.24, 2.45) is 17.3 Å². The number of fused-ring (bicyclic) bond motifs is 1. The highest BCUT2D eigenvalue weighted by Crippen LogP contribution is 2.42. The number of nitrogens with zero attached hydrogens (tertiary/aromatic N) is 1. The van der Waals surface area contributed by atoms with E-state index in [1.54, 1.807) is 4.90 Å². The van der Waals surface area contributed by atoms with Crippen molar-refractivity contribution >= 4 is 12.0 Å². The summed E-state index contributed by atoms with van der Waals surface area (Å²) in [5.41, 5.74) is 0.198. The van der Waals surface area contributed by atoms with Gasteiger partial charge in [0.2, 0.25) is 0 Å². The highest BCUT2D eigenvalue weighted by atomic mass is 16.4. The number of urea groups is 1. The van der Waals surface area contributed by atoms with Crippen molar-refractivity contribution in [2.45, 2.75) is 57.9 Å². The lowest BCUT2D eigenvalue weighted by atomic mass is 9.89. The van der Waals surface area contributed by atoms with Gasteiger partial charge in [0.1, 0.15) is 6.04 Å². The highest BCUT2D eigenvalue weighted by Gasteiger charge is 2.49. The van der Waals surface area contributed by atoms with Crippen LogP contribution < -0.4 is 5.32 Å². The smallest absolute Gasteiger partial charge is 0.326 e. The first-order chi connectivity index (χ1) is 10.0. The molecule has 1 heterocycles. The van der Waals surface area contributed by atoms with E-state index in [1.807, 2.05) is 0 Å². The van der Waals surface area contributed by atoms with Crippen molar-refractivity contribution in [3.63, 3.8) is 0 Å². The Morgan fingerprint density at radius 1 is 1.24 bits per heavy atom. The number of hydrogen-bond acceptors (Lipinski definition) is 2. The van der Waals surface area contributed by atoms with Crippen molar-refractivity contribution < 1.29 is 14.7 Å². The fourth-order valence-corrected chi connectivity index (χ4v) is 4.63. The summed E-state index contributed by atoms with van der Waals surface area (Å²) < 4.78 is 0. The van der Waals surface area contributed by atoms with Gasteiger partial charge >= 0.3 is 12.0 Å². The molecule has 2 N–H and O–H groups in total. The fourth-order valence-electron chi connectivity index (χ4n) is 4.63. The van der Waals surface area contributed by atoms with Crippen LogP contribution in [0.5, 0.6) is 0 Å². The van der Waals surface area contributed by atoms with E-state index in [1.165, 1.54) is 12.8 Å². The van der Waals surface area contributed by atoms with Crippen molar-refractivity contribution in [3.8, 4) is 0 Å². The number of nitrogens with one attached hydrogen (secondary N) is 1. The molecule has 1 saturated heterocycles. The topological polar surface area (TPSA) is 69.6 Å². The Morgan fingerprint density at radius 3 is 2.62 bits per heavy atom. The zero-order valence-electron chi connectivity index (χ0n) is 12.8. The van der Waals surface area contributed by atoms with E-state index in [4.69, 9.17) is 0 Å². The van der Waals surface area contributed by atoms with Crippen LogP contribution in [-0.4, -0.2) is 41.1 Å². The van der Waals surface area contributed by atoms with Crippen LogP contribution in [0.2, 0.25) is 0 Å². The summed E-state index contributed by atoms with van der Waals surface area (Å²) in [4.78, 5) is 25.6. The summed E-state index contributed by atoms with van der Waals surface area (Å²) in [6.45, 7) is 3.50. The van der Waals surface area contributed by atoms with Crippen LogP contribution in [0.25, 0.3) is 0 Å². The number of aliphatic carboxylic acids is 1. The quantitative estimate of drug-likeness (QED) is 0.840. The van der Waals surface area contributed by atoms with Crippen LogP contribution in [0.15, 0.2) is 0 Å². The second kappa shape index (κ2) is 5.50. The lowest BCUT2D eigenvalue weighted by Gasteiger charge is -2.28. The number of amides is 2. The van der Waals surface area contributed by atoms with Crippen LogP contribution in [0.1, 0.15) is 51.9 Å². The molecule has 3 atom stereocenters. The molecule has 3 unspecified atom stereocenters. The highest BCUT2D eigenvalue weighted by molar-refractivity contribution is 5.83. The van der Waals surface area contributed by atoms with Gasteiger partial charge < -0.3 is 15.3 Å². The molecule has 21 heavy (non-hydrogen) atoms. The van der Waals surface area contributed by atoms with E-state index in [9.17, 15) is 14.7 Å². The van der Waals surface area contributed by atoms with Gasteiger partial charge in [-0.15, -0.1) is 0 Å². The van der Waals surface area contributed by atoms with Crippen LogP contribution in [0, 0.1) is 17.3 Å². The van der Waals surface area contributed by atoms with Crippen LogP contribution >= 0.6 is 0 Å². The number of carboxylic acid groups (broad SMARTS) is 1. The largest absolute Gasteiger partial charge is 0.480 e. The van der Waals surface area contributed by atoms with Gasteiger partial charge in [-0.1, -0.05) is 26.2 Å². The molecular formula is C16H26N2O3. The Bertz CT molecular complexity index is 431. The van der Waals surface area contributed by atoms with E-state index in [-0.39, 0.29) is 17.4 Å². The maximum atomic E-state index is 12.4. The van der Waals surface area contributed by atoms with E-state index >= 15 is 0 Å². The Balaban J connectivity index is 1.62. The summed E-state index contributed by atoms with van der Waals surface area (Å²) in [6.07, 6.45) is 7.89. The number of hydrogen-bond donors (Lipinski definition) is 2. The molecular weight excluding hydrogens is 268 g/mol. The molecule has 0 aromatic rings. The minimum absolute atomic E-state index is 0.162. The SMILES string of the molecule is CC1(CNC(=O)N2CC3CCCC3C2C(=O)O)CCCC1. The molecule has 1 aliphatic heterocycles. The Morgan fingerprint density at radius 2 is 1.95 bits per heavy atom. The van der Waals surface area contributed by atoms with Crippen LogP contribution in [0.4, 0.5) is 4.79 Å². The zero-order valence-corrected chi connectivity index (χ0v) is 12.8. The first-order valence-electron chi connectivity index (χ1n) is 8.27. The van der Waals surface area contributed by atoms with Gasteiger partial charge in [-0.05, 0) is 42.9 Å². The first-order valence-corrected chi connectivity index (χ1v) is 8.27. The minimum Gasteiger partial charge on any atom is -0.480 e. The average Bonchev–Trinajstić information content (AvgIpc) is 3.10. The second-order valence-electron chi connectivity index (χ2n) is 7.47. The fraction of sp³-hybridized carbons (Fsp3) is 0.875. The average molecular weight is 294 g/mol. The molecule has 0 bridgehead atoms. The van der Waals surface area contributed by atoms with Gasteiger partial charge in [0.05, 0.1) is 0 Å². The van der Waals surface area contributed by atoms with Crippen molar-refractivity contribution in [1.82, 2.24) is 10.2 Å². The predicted octanol–water partition coefficient (Wildman–Crippen LogP) is 2.46. The van der Waals surface area contributed by atoms with Crippen molar-refractivity contribution in [3.05, 3.63) is 0 Å². The Labute approximate surface area is 126 Å². The monoisotopic (exact) mass is 294 g/mol. The van der Waals surface area contributed by atoms with Gasteiger partial charge in [-0.2, -0.15) is 0 Å². The molecule has 2 saturated carbocycles. The third kappa shape index (κ3) is 2.74.